The van der Waals surface area contributed by atoms with E-state index >= 15 is 0 Å². The second kappa shape index (κ2) is 65.4. The summed E-state index contributed by atoms with van der Waals surface area (Å²) in [7, 11) is 1.19. The van der Waals surface area contributed by atoms with E-state index in [0.717, 1.165) is 57.8 Å². The fourth-order valence-electron chi connectivity index (χ4n) is 10.8. The number of carbonyl (C=O) groups excluding carboxylic acids is 2. The van der Waals surface area contributed by atoms with E-state index in [1.165, 1.54) is 270 Å². The molecule has 0 saturated heterocycles. The van der Waals surface area contributed by atoms with Gasteiger partial charge in [0, 0.05) is 12.8 Å². The van der Waals surface area contributed by atoms with Gasteiger partial charge in [-0.1, -0.05) is 345 Å². The number of esters is 2. The van der Waals surface area contributed by atoms with Crippen molar-refractivity contribution in [2.45, 2.75) is 367 Å². The van der Waals surface area contributed by atoms with Gasteiger partial charge in [-0.3, -0.25) is 14.2 Å². The molecule has 0 aromatic rings. The maximum Gasteiger partial charge on any atom is 0.306 e. The predicted molar refractivity (Wildman–Crippen MR) is 360 cm³/mol. The van der Waals surface area contributed by atoms with Gasteiger partial charge < -0.3 is 27.9 Å². The quantitative estimate of drug-likeness (QED) is 0.0195. The normalized spacial score (nSPS) is 13.4. The van der Waals surface area contributed by atoms with E-state index in [1.54, 1.807) is 0 Å². The lowest BCUT2D eigenvalue weighted by atomic mass is 10.0. The predicted octanol–water partition coefficient (Wildman–Crippen LogP) is 23.0. The van der Waals surface area contributed by atoms with E-state index in [4.69, 9.17) is 18.5 Å². The number of phosphoric acid groups is 1. The summed E-state index contributed by atoms with van der Waals surface area (Å²) in [6, 6.07) is 0. The number of quaternary nitrogens is 1. The van der Waals surface area contributed by atoms with Gasteiger partial charge in [-0.2, -0.15) is 0 Å². The molecule has 0 spiro atoms. The molecule has 0 bridgehead atoms. The molecule has 0 fully saturated rings. The molecule has 0 N–H and O–H groups in total. The lowest BCUT2D eigenvalue weighted by molar-refractivity contribution is -0.870. The van der Waals surface area contributed by atoms with Crippen molar-refractivity contribution in [1.29, 1.82) is 0 Å². The molecule has 0 heterocycles. The van der Waals surface area contributed by atoms with Crippen molar-refractivity contribution in [3.8, 4) is 0 Å². The van der Waals surface area contributed by atoms with Crippen molar-refractivity contribution >= 4 is 19.8 Å². The highest BCUT2D eigenvalue weighted by Crippen LogP contribution is 2.38. The van der Waals surface area contributed by atoms with Crippen LogP contribution in [0, 0.1) is 0 Å². The second-order valence-corrected chi connectivity index (χ2v) is 27.3. The zero-order valence-corrected chi connectivity index (χ0v) is 57.3. The molecule has 0 amide bonds. The molecule has 2 atom stereocenters. The van der Waals surface area contributed by atoms with Crippen LogP contribution in [0.2, 0.25) is 0 Å². The van der Waals surface area contributed by atoms with Crippen LogP contribution in [0.25, 0.3) is 0 Å². The van der Waals surface area contributed by atoms with Crippen LogP contribution < -0.4 is 4.89 Å². The van der Waals surface area contributed by atoms with Gasteiger partial charge in [0.15, 0.2) is 6.10 Å². The van der Waals surface area contributed by atoms with Crippen molar-refractivity contribution in [2.24, 2.45) is 0 Å². The minimum atomic E-state index is -4.64. The zero-order valence-electron chi connectivity index (χ0n) is 56.4. The van der Waals surface area contributed by atoms with Crippen molar-refractivity contribution in [1.82, 2.24) is 0 Å². The first-order chi connectivity index (χ1) is 41.0. The number of hydrogen-bond donors (Lipinski definition) is 0. The number of phosphoric ester groups is 1. The number of hydrogen-bond acceptors (Lipinski definition) is 8. The third kappa shape index (κ3) is 69.1. The van der Waals surface area contributed by atoms with E-state index in [9.17, 15) is 19.0 Å². The van der Waals surface area contributed by atoms with Crippen LogP contribution in [-0.2, 0) is 32.7 Å². The second-order valence-electron chi connectivity index (χ2n) is 25.9. The average Bonchev–Trinajstić information content (AvgIpc) is 3.61. The first-order valence-electron chi connectivity index (χ1n) is 36.3. The molecule has 0 saturated carbocycles. The standard InChI is InChI=1S/C74H140NO8P/c1-6-8-10-12-14-16-18-20-22-24-26-28-30-32-34-35-36-37-38-39-41-43-45-47-49-51-53-55-57-59-61-63-65-67-74(77)83-72(71-82-84(78,79)81-69-68-75(3,4)5)70-80-73(76)66-64-62-60-58-56-54-52-50-48-46-44-42-40-33-31-29-27-25-23-21-19-17-15-13-11-9-7-2/h8,10,14,16,20,22,26,28,72H,6-7,9,11-13,15,17-19,21,23-25,27,29-71H2,1-5H3/b10-8-,16-14-,22-20-,28-26-. The Morgan fingerprint density at radius 1 is 0.381 bits per heavy atom. The smallest absolute Gasteiger partial charge is 0.306 e. The minimum Gasteiger partial charge on any atom is -0.756 e. The number of allylic oxidation sites excluding steroid dienone is 8. The maximum atomic E-state index is 12.9. The Labute approximate surface area is 522 Å². The van der Waals surface area contributed by atoms with Crippen LogP contribution in [0.15, 0.2) is 48.6 Å². The summed E-state index contributed by atoms with van der Waals surface area (Å²) in [4.78, 5) is 38.1. The maximum absolute atomic E-state index is 12.9. The molecule has 0 aromatic carbocycles. The van der Waals surface area contributed by atoms with Crippen LogP contribution in [-0.4, -0.2) is 70.0 Å². The first kappa shape index (κ1) is 82.0. The monoisotopic (exact) mass is 1200 g/mol. The molecule has 9 nitrogen and oxygen atoms in total. The van der Waals surface area contributed by atoms with Gasteiger partial charge in [0.1, 0.15) is 19.8 Å². The van der Waals surface area contributed by atoms with Crippen molar-refractivity contribution in [3.05, 3.63) is 48.6 Å². The SMILES string of the molecule is CC/C=C\C/C=C\C/C=C\C/C=C\CCCCCCCCCCCCCCCCCCCCCCC(=O)OC(COC(=O)CCCCCCCCCCCCCCCCCCCCCCCCCCCCC)COP(=O)([O-])OCC[N+](C)(C)C. The third-order valence-corrected chi connectivity index (χ3v) is 17.3. The fourth-order valence-corrected chi connectivity index (χ4v) is 11.6. The van der Waals surface area contributed by atoms with E-state index in [0.29, 0.717) is 17.4 Å². The molecular formula is C74H140NO8P. The van der Waals surface area contributed by atoms with Crippen molar-refractivity contribution in [3.63, 3.8) is 0 Å². The number of unbranched alkanes of at least 4 members (excludes halogenated alkanes) is 46. The Kier molecular flexibility index (Phi) is 63.8. The first-order valence-corrected chi connectivity index (χ1v) is 37.8. The van der Waals surface area contributed by atoms with Gasteiger partial charge in [-0.15, -0.1) is 0 Å². The molecule has 0 radical (unpaired) electrons. The fraction of sp³-hybridized carbons (Fsp3) is 0.865. The molecule has 0 rings (SSSR count). The van der Waals surface area contributed by atoms with Crippen LogP contribution in [0.5, 0.6) is 0 Å². The molecule has 84 heavy (non-hydrogen) atoms. The van der Waals surface area contributed by atoms with Gasteiger partial charge in [-0.05, 0) is 51.4 Å². The van der Waals surface area contributed by atoms with E-state index < -0.39 is 26.5 Å². The molecule has 494 valence electrons. The molecule has 2 unspecified atom stereocenters. The Bertz CT molecular complexity index is 1560. The Morgan fingerprint density at radius 3 is 1.01 bits per heavy atom. The summed E-state index contributed by atoms with van der Waals surface area (Å²) in [6.45, 7) is 4.20. The number of likely N-dealkylation sites (N-methyl/N-ethyl adjacent to an activating group) is 1. The lowest BCUT2D eigenvalue weighted by Crippen LogP contribution is -2.37. The summed E-state index contributed by atoms with van der Waals surface area (Å²) in [6.07, 6.45) is 84.9. The molecule has 0 aliphatic rings. The van der Waals surface area contributed by atoms with Gasteiger partial charge >= 0.3 is 11.9 Å². The Balaban J connectivity index is 3.97. The topological polar surface area (TPSA) is 111 Å². The van der Waals surface area contributed by atoms with E-state index in [1.807, 2.05) is 21.1 Å². The van der Waals surface area contributed by atoms with Crippen LogP contribution in [0.3, 0.4) is 0 Å². The van der Waals surface area contributed by atoms with Crippen LogP contribution >= 0.6 is 7.82 Å². The molecule has 0 aliphatic heterocycles. The highest BCUT2D eigenvalue weighted by atomic mass is 31.2. The number of nitrogens with zero attached hydrogens (tertiary/aromatic N) is 1. The van der Waals surface area contributed by atoms with E-state index in [-0.39, 0.29) is 32.0 Å². The Morgan fingerprint density at radius 2 is 0.679 bits per heavy atom. The highest BCUT2D eigenvalue weighted by molar-refractivity contribution is 7.45. The molecule has 0 aromatic heterocycles. The summed E-state index contributed by atoms with van der Waals surface area (Å²) in [5.74, 6) is -0.810. The number of ether oxygens (including phenoxy) is 2. The van der Waals surface area contributed by atoms with Gasteiger partial charge in [0.05, 0.1) is 27.7 Å². The molecule has 10 heteroatoms. The van der Waals surface area contributed by atoms with Crippen molar-refractivity contribution in [2.75, 3.05) is 47.5 Å². The van der Waals surface area contributed by atoms with Gasteiger partial charge in [0.25, 0.3) is 7.82 Å². The summed E-state index contributed by atoms with van der Waals surface area (Å²) in [5, 5.41) is 0. The minimum absolute atomic E-state index is 0.0279. The van der Waals surface area contributed by atoms with E-state index in [2.05, 4.69) is 62.5 Å². The number of carbonyl (C=O) groups is 2. The van der Waals surface area contributed by atoms with Crippen LogP contribution in [0.1, 0.15) is 361 Å². The summed E-state index contributed by atoms with van der Waals surface area (Å²) in [5.41, 5.74) is 0. The largest absolute Gasteiger partial charge is 0.756 e. The average molecular weight is 1200 g/mol. The zero-order chi connectivity index (χ0) is 61.2. The van der Waals surface area contributed by atoms with Crippen molar-refractivity contribution < 1.29 is 42.1 Å². The number of rotatable bonds is 68. The van der Waals surface area contributed by atoms with Crippen LogP contribution in [0.4, 0.5) is 0 Å². The van der Waals surface area contributed by atoms with Gasteiger partial charge in [0.2, 0.25) is 0 Å². The molecular weight excluding hydrogens is 1060 g/mol. The summed E-state index contributed by atoms with van der Waals surface area (Å²) < 4.78 is 34.4. The third-order valence-electron chi connectivity index (χ3n) is 16.4. The Hall–Kier alpha value is -2.03. The van der Waals surface area contributed by atoms with Gasteiger partial charge in [-0.25, -0.2) is 0 Å². The molecule has 0 aliphatic carbocycles. The lowest BCUT2D eigenvalue weighted by Gasteiger charge is -2.28. The highest BCUT2D eigenvalue weighted by Gasteiger charge is 2.22. The summed E-state index contributed by atoms with van der Waals surface area (Å²) >= 11 is 0.